The molecule has 4 saturated carbocycles. The highest BCUT2D eigenvalue weighted by atomic mass is 28.4. The monoisotopic (exact) mass is 589 g/mol. The van der Waals surface area contributed by atoms with Crippen molar-refractivity contribution in [1.82, 2.24) is 4.90 Å². The zero-order valence-electron chi connectivity index (χ0n) is 27.9. The highest BCUT2D eigenvalue weighted by molar-refractivity contribution is 6.70. The van der Waals surface area contributed by atoms with E-state index in [4.69, 9.17) is 13.6 Å². The second kappa shape index (κ2) is 11.1. The predicted molar refractivity (Wildman–Crippen MR) is 172 cm³/mol. The Bertz CT molecular complexity index is 927. The van der Waals surface area contributed by atoms with Gasteiger partial charge in [0.25, 0.3) is 0 Å². The number of ether oxygens (including phenoxy) is 1. The molecule has 0 radical (unpaired) electrons. The molecule has 1 aliphatic heterocycles. The number of fused-ring (bicyclic) bond motifs is 5. The van der Waals surface area contributed by atoms with Crippen LogP contribution in [0.15, 0.2) is 12.3 Å². The van der Waals surface area contributed by atoms with E-state index in [2.05, 4.69) is 78.5 Å². The van der Waals surface area contributed by atoms with Crippen molar-refractivity contribution in [1.29, 1.82) is 0 Å². The first-order chi connectivity index (χ1) is 18.5. The van der Waals surface area contributed by atoms with Crippen molar-refractivity contribution in [3.05, 3.63) is 12.3 Å². The van der Waals surface area contributed by atoms with Gasteiger partial charge in [0.15, 0.2) is 8.32 Å². The molecule has 0 aromatic heterocycles. The van der Waals surface area contributed by atoms with Crippen LogP contribution in [0.4, 0.5) is 0 Å². The summed E-state index contributed by atoms with van der Waals surface area (Å²) < 4.78 is 19.9. The highest BCUT2D eigenvalue weighted by Gasteiger charge is 2.62. The van der Waals surface area contributed by atoms with Crippen molar-refractivity contribution >= 4 is 16.6 Å². The molecule has 4 nitrogen and oxygen atoms in total. The van der Waals surface area contributed by atoms with Crippen LogP contribution >= 0.6 is 0 Å². The summed E-state index contributed by atoms with van der Waals surface area (Å²) in [5.41, 5.74) is 0.789. The molecule has 0 unspecified atom stereocenters. The van der Waals surface area contributed by atoms with Gasteiger partial charge >= 0.3 is 0 Å². The number of morpholine rings is 1. The van der Waals surface area contributed by atoms with Gasteiger partial charge in [0, 0.05) is 25.0 Å². The second-order valence-electron chi connectivity index (χ2n) is 17.4. The van der Waals surface area contributed by atoms with Gasteiger partial charge in [-0.2, -0.15) is 0 Å². The van der Waals surface area contributed by atoms with E-state index in [1.165, 1.54) is 51.4 Å². The molecule has 230 valence electrons. The molecule has 6 heteroatoms. The van der Waals surface area contributed by atoms with Crippen molar-refractivity contribution < 1.29 is 13.6 Å². The van der Waals surface area contributed by atoms with E-state index in [-0.39, 0.29) is 0 Å². The number of nitrogens with zero attached hydrogens (tertiary/aromatic N) is 1. The van der Waals surface area contributed by atoms with E-state index in [0.717, 1.165) is 49.1 Å². The fourth-order valence-electron chi connectivity index (χ4n) is 10.6. The maximum absolute atomic E-state index is 7.07. The minimum Gasteiger partial charge on any atom is -0.548 e. The number of hydrogen-bond acceptors (Lipinski definition) is 4. The molecule has 1 heterocycles. The third-order valence-corrected chi connectivity index (χ3v) is 14.2. The van der Waals surface area contributed by atoms with E-state index in [1.807, 2.05) is 0 Å². The summed E-state index contributed by atoms with van der Waals surface area (Å²) in [7, 11) is -3.27. The van der Waals surface area contributed by atoms with Crippen molar-refractivity contribution in [2.75, 3.05) is 19.7 Å². The van der Waals surface area contributed by atoms with Gasteiger partial charge in [0.1, 0.15) is 0 Å². The molecule has 0 N–H and O–H groups in total. The van der Waals surface area contributed by atoms with Gasteiger partial charge in [-0.05, 0) is 131 Å². The SMILES string of the molecule is C=C(O[Si](C)(C)C)[C@H]1CC[C@H]2[C@@H]3CC[C@H]4C[C@H](O[Si](C)(C)C)[C@@H](N5CCO[C@H](C(C)C)C5)C[C@]4(C)[C@H]3CC[C@]12C. The summed E-state index contributed by atoms with van der Waals surface area (Å²) in [5.74, 6) is 5.60. The summed E-state index contributed by atoms with van der Waals surface area (Å²) in [6.45, 7) is 31.7. The number of rotatable bonds is 7. The number of hydrogen-bond donors (Lipinski definition) is 0. The van der Waals surface area contributed by atoms with E-state index >= 15 is 0 Å². The van der Waals surface area contributed by atoms with Gasteiger partial charge in [-0.1, -0.05) is 34.3 Å². The third kappa shape index (κ3) is 5.96. The van der Waals surface area contributed by atoms with Crippen molar-refractivity contribution in [3.63, 3.8) is 0 Å². The topological polar surface area (TPSA) is 30.9 Å². The molecule has 0 spiro atoms. The maximum atomic E-state index is 7.07. The Balaban J connectivity index is 1.38. The Morgan fingerprint density at radius 2 is 1.62 bits per heavy atom. The minimum atomic E-state index is -1.64. The fraction of sp³-hybridized carbons (Fsp3) is 0.941. The summed E-state index contributed by atoms with van der Waals surface area (Å²) in [5, 5.41) is 0. The normalized spacial score (nSPS) is 44.6. The molecule has 0 bridgehead atoms. The van der Waals surface area contributed by atoms with Crippen LogP contribution in [0, 0.1) is 46.3 Å². The van der Waals surface area contributed by atoms with Crippen LogP contribution in [0.2, 0.25) is 39.3 Å². The molecule has 10 atom stereocenters. The van der Waals surface area contributed by atoms with Gasteiger partial charge in [-0.15, -0.1) is 0 Å². The highest BCUT2D eigenvalue weighted by Crippen LogP contribution is 2.68. The third-order valence-electron chi connectivity index (χ3n) is 12.3. The second-order valence-corrected chi connectivity index (χ2v) is 26.3. The summed E-state index contributed by atoms with van der Waals surface area (Å²) in [6.07, 6.45) is 11.6. The van der Waals surface area contributed by atoms with Crippen molar-refractivity contribution in [2.45, 2.75) is 137 Å². The zero-order chi connectivity index (χ0) is 29.3. The summed E-state index contributed by atoms with van der Waals surface area (Å²) >= 11 is 0. The average molecular weight is 590 g/mol. The van der Waals surface area contributed by atoms with E-state index in [9.17, 15) is 0 Å². The Morgan fingerprint density at radius 1 is 0.925 bits per heavy atom. The first-order valence-electron chi connectivity index (χ1n) is 16.9. The Labute approximate surface area is 249 Å². The minimum absolute atomic E-state index is 0.350. The van der Waals surface area contributed by atoms with Crippen LogP contribution in [0.3, 0.4) is 0 Å². The van der Waals surface area contributed by atoms with Crippen LogP contribution in [0.5, 0.6) is 0 Å². The molecule has 5 aliphatic rings. The van der Waals surface area contributed by atoms with E-state index in [1.54, 1.807) is 0 Å². The van der Waals surface area contributed by atoms with Gasteiger partial charge < -0.3 is 13.6 Å². The van der Waals surface area contributed by atoms with Crippen LogP contribution in [-0.4, -0.2) is 59.5 Å². The van der Waals surface area contributed by atoms with Crippen LogP contribution < -0.4 is 0 Å². The molecule has 5 fully saturated rings. The lowest BCUT2D eigenvalue weighted by Crippen LogP contribution is -2.63. The largest absolute Gasteiger partial charge is 0.548 e. The molecular weight excluding hydrogens is 527 g/mol. The lowest BCUT2D eigenvalue weighted by Gasteiger charge is -2.63. The lowest BCUT2D eigenvalue weighted by molar-refractivity contribution is -0.158. The smallest absolute Gasteiger partial charge is 0.241 e. The van der Waals surface area contributed by atoms with Gasteiger partial charge in [0.05, 0.1) is 24.6 Å². The quantitative estimate of drug-likeness (QED) is 0.220. The Kier molecular flexibility index (Phi) is 8.67. The molecule has 0 amide bonds. The molecule has 0 aromatic carbocycles. The van der Waals surface area contributed by atoms with Gasteiger partial charge in [-0.25, -0.2) is 0 Å². The Morgan fingerprint density at radius 3 is 2.27 bits per heavy atom. The predicted octanol–water partition coefficient (Wildman–Crippen LogP) is 8.57. The molecule has 1 saturated heterocycles. The molecular formula is C34H63NO3Si2. The van der Waals surface area contributed by atoms with E-state index in [0.29, 0.717) is 40.9 Å². The van der Waals surface area contributed by atoms with Crippen LogP contribution in [-0.2, 0) is 13.6 Å². The van der Waals surface area contributed by atoms with E-state index < -0.39 is 16.6 Å². The van der Waals surface area contributed by atoms with Crippen molar-refractivity contribution in [3.8, 4) is 0 Å². The molecule has 5 rings (SSSR count). The van der Waals surface area contributed by atoms with Crippen molar-refractivity contribution in [2.24, 2.45) is 46.3 Å². The number of allylic oxidation sites excluding steroid dienone is 1. The molecule has 40 heavy (non-hydrogen) atoms. The summed E-state index contributed by atoms with van der Waals surface area (Å²) in [6, 6.07) is 0.534. The first kappa shape index (κ1) is 31.3. The lowest BCUT2D eigenvalue weighted by atomic mass is 9.44. The Hall–Kier alpha value is -0.146. The zero-order valence-corrected chi connectivity index (χ0v) is 29.9. The van der Waals surface area contributed by atoms with Crippen LogP contribution in [0.25, 0.3) is 0 Å². The van der Waals surface area contributed by atoms with Gasteiger partial charge in [-0.3, -0.25) is 4.90 Å². The summed E-state index contributed by atoms with van der Waals surface area (Å²) in [4.78, 5) is 2.82. The first-order valence-corrected chi connectivity index (χ1v) is 23.7. The maximum Gasteiger partial charge on any atom is 0.241 e. The molecule has 0 aromatic rings. The average Bonchev–Trinajstić information content (AvgIpc) is 3.19. The fourth-order valence-corrected chi connectivity index (χ4v) is 12.7. The standard InChI is InChI=1S/C34H63NO3Si2/c1-23(2)32-22-35(18-19-36-32)30-21-34(5)25(20-31(30)38-40(9,10)11)12-13-26-28-15-14-27(24(3)37-39(6,7)8)33(28,4)17-16-29(26)34/h23,25-32H,3,12-22H2,1-2,4-11H3/t25-,26-,27+,28-,29-,30-,31-,32-,33+,34-/m0/s1. The van der Waals surface area contributed by atoms with Gasteiger partial charge in [0.2, 0.25) is 8.32 Å². The van der Waals surface area contributed by atoms with Crippen LogP contribution in [0.1, 0.15) is 79.1 Å². The molecule has 4 aliphatic carbocycles.